The molecule has 0 aromatic rings. The first-order valence-electron chi connectivity index (χ1n) is 4.28. The van der Waals surface area contributed by atoms with E-state index < -0.39 is 0 Å². The van der Waals surface area contributed by atoms with Gasteiger partial charge in [-0.25, -0.2) is 0 Å². The van der Waals surface area contributed by atoms with Gasteiger partial charge in [0.25, 0.3) is 0 Å². The Labute approximate surface area is 78.4 Å². The lowest BCUT2D eigenvalue weighted by molar-refractivity contribution is -0.124. The summed E-state index contributed by atoms with van der Waals surface area (Å²) in [5.41, 5.74) is 0.406. The Kier molecular flexibility index (Phi) is 5.59. The van der Waals surface area contributed by atoms with Crippen molar-refractivity contribution in [1.82, 2.24) is 10.6 Å². The molecule has 0 saturated heterocycles. The van der Waals surface area contributed by atoms with Crippen molar-refractivity contribution in [1.29, 1.82) is 0 Å². The van der Waals surface area contributed by atoms with Crippen molar-refractivity contribution in [3.8, 4) is 0 Å². The number of nitrogens with one attached hydrogen (secondary N) is 2. The molecular weight excluding hydrogens is 168 g/mol. The largest absolute Gasteiger partial charge is 0.355 e. The minimum absolute atomic E-state index is 0.0195. The number of hydrogen-bond acceptors (Lipinski definition) is 2. The van der Waals surface area contributed by atoms with Crippen LogP contribution in [0.15, 0.2) is 12.2 Å². The van der Waals surface area contributed by atoms with E-state index >= 15 is 0 Å². The maximum atomic E-state index is 11.0. The minimum Gasteiger partial charge on any atom is -0.355 e. The smallest absolute Gasteiger partial charge is 0.246 e. The van der Waals surface area contributed by atoms with E-state index in [-0.39, 0.29) is 18.4 Å². The molecule has 4 heteroatoms. The normalized spacial score (nSPS) is 9.08. The molecule has 13 heavy (non-hydrogen) atoms. The third kappa shape index (κ3) is 5.90. The SMILES string of the molecule is C=C(C)C(=O)NCC(=O)NCCC. The highest BCUT2D eigenvalue weighted by Crippen LogP contribution is 1.84. The van der Waals surface area contributed by atoms with Gasteiger partial charge in [-0.3, -0.25) is 9.59 Å². The molecule has 0 fully saturated rings. The summed E-state index contributed by atoms with van der Waals surface area (Å²) >= 11 is 0. The van der Waals surface area contributed by atoms with Gasteiger partial charge in [-0.05, 0) is 13.3 Å². The maximum Gasteiger partial charge on any atom is 0.246 e. The van der Waals surface area contributed by atoms with Crippen molar-refractivity contribution in [3.63, 3.8) is 0 Å². The van der Waals surface area contributed by atoms with Gasteiger partial charge in [0.05, 0.1) is 6.54 Å². The Morgan fingerprint density at radius 2 is 1.92 bits per heavy atom. The van der Waals surface area contributed by atoms with Crippen LogP contribution in [-0.2, 0) is 9.59 Å². The molecule has 0 saturated carbocycles. The Morgan fingerprint density at radius 3 is 2.38 bits per heavy atom. The molecule has 0 aromatic heterocycles. The van der Waals surface area contributed by atoms with Crippen molar-refractivity contribution in [2.24, 2.45) is 0 Å². The molecule has 0 aliphatic carbocycles. The summed E-state index contributed by atoms with van der Waals surface area (Å²) < 4.78 is 0. The highest BCUT2D eigenvalue weighted by molar-refractivity contribution is 5.94. The fourth-order valence-electron chi connectivity index (χ4n) is 0.638. The Bertz CT molecular complexity index is 212. The molecule has 0 aliphatic rings. The van der Waals surface area contributed by atoms with Crippen LogP contribution in [0.25, 0.3) is 0 Å². The van der Waals surface area contributed by atoms with Crippen LogP contribution >= 0.6 is 0 Å². The zero-order chi connectivity index (χ0) is 10.3. The highest BCUT2D eigenvalue weighted by Gasteiger charge is 2.03. The predicted octanol–water partition coefficient (Wildman–Crippen LogP) is 0.205. The molecule has 0 aromatic carbocycles. The van der Waals surface area contributed by atoms with Gasteiger partial charge < -0.3 is 10.6 Å². The minimum atomic E-state index is -0.286. The summed E-state index contributed by atoms with van der Waals surface area (Å²) in [7, 11) is 0. The van der Waals surface area contributed by atoms with Crippen molar-refractivity contribution in [3.05, 3.63) is 12.2 Å². The third-order valence-electron chi connectivity index (χ3n) is 1.37. The lowest BCUT2D eigenvalue weighted by atomic mass is 10.3. The maximum absolute atomic E-state index is 11.0. The zero-order valence-electron chi connectivity index (χ0n) is 8.14. The first-order chi connectivity index (χ1) is 6.07. The molecule has 2 amide bonds. The topological polar surface area (TPSA) is 58.2 Å². The van der Waals surface area contributed by atoms with E-state index in [0.29, 0.717) is 12.1 Å². The van der Waals surface area contributed by atoms with E-state index in [1.807, 2.05) is 6.92 Å². The molecule has 0 radical (unpaired) electrons. The molecule has 74 valence electrons. The summed E-state index contributed by atoms with van der Waals surface area (Å²) in [5.74, 6) is -0.455. The van der Waals surface area contributed by atoms with Gasteiger partial charge in [0.15, 0.2) is 0 Å². The van der Waals surface area contributed by atoms with E-state index in [2.05, 4.69) is 17.2 Å². The van der Waals surface area contributed by atoms with Crippen LogP contribution in [0.2, 0.25) is 0 Å². The zero-order valence-corrected chi connectivity index (χ0v) is 8.14. The van der Waals surface area contributed by atoms with Crippen LogP contribution in [0.3, 0.4) is 0 Å². The van der Waals surface area contributed by atoms with Gasteiger partial charge in [-0.2, -0.15) is 0 Å². The molecule has 0 heterocycles. The summed E-state index contributed by atoms with van der Waals surface area (Å²) in [4.78, 5) is 21.9. The molecule has 2 N–H and O–H groups in total. The fraction of sp³-hybridized carbons (Fsp3) is 0.556. The van der Waals surface area contributed by atoms with Gasteiger partial charge in [0.2, 0.25) is 11.8 Å². The van der Waals surface area contributed by atoms with Crippen LogP contribution in [0.5, 0.6) is 0 Å². The average Bonchev–Trinajstić information content (AvgIpc) is 2.10. The summed E-state index contributed by atoms with van der Waals surface area (Å²) in [6, 6.07) is 0. The van der Waals surface area contributed by atoms with E-state index in [9.17, 15) is 9.59 Å². The van der Waals surface area contributed by atoms with Crippen LogP contribution in [0, 0.1) is 0 Å². The molecule has 0 spiro atoms. The summed E-state index contributed by atoms with van der Waals surface area (Å²) in [5, 5.41) is 5.08. The first-order valence-corrected chi connectivity index (χ1v) is 4.28. The van der Waals surface area contributed by atoms with Crippen molar-refractivity contribution in [2.75, 3.05) is 13.1 Å². The van der Waals surface area contributed by atoms with Gasteiger partial charge in [-0.15, -0.1) is 0 Å². The molecule has 0 rings (SSSR count). The molecule has 0 unspecified atom stereocenters. The van der Waals surface area contributed by atoms with Gasteiger partial charge in [0, 0.05) is 12.1 Å². The molecule has 0 atom stereocenters. The second-order valence-corrected chi connectivity index (χ2v) is 2.81. The summed E-state index contributed by atoms with van der Waals surface area (Å²) in [6.45, 7) is 7.67. The van der Waals surface area contributed by atoms with Crippen molar-refractivity contribution < 1.29 is 9.59 Å². The second kappa shape index (κ2) is 6.22. The van der Waals surface area contributed by atoms with Crippen LogP contribution < -0.4 is 10.6 Å². The van der Waals surface area contributed by atoms with Gasteiger partial charge >= 0.3 is 0 Å². The number of carbonyl (C=O) groups excluding carboxylic acids is 2. The highest BCUT2D eigenvalue weighted by atomic mass is 16.2. The lowest BCUT2D eigenvalue weighted by Crippen LogP contribution is -2.37. The van der Waals surface area contributed by atoms with Crippen LogP contribution in [0.1, 0.15) is 20.3 Å². The number of amides is 2. The molecule has 0 bridgehead atoms. The van der Waals surface area contributed by atoms with Crippen molar-refractivity contribution >= 4 is 11.8 Å². The predicted molar refractivity (Wildman–Crippen MR) is 51.1 cm³/mol. The second-order valence-electron chi connectivity index (χ2n) is 2.81. The Morgan fingerprint density at radius 1 is 1.31 bits per heavy atom. The lowest BCUT2D eigenvalue weighted by Gasteiger charge is -2.04. The Balaban J connectivity index is 3.58. The monoisotopic (exact) mass is 184 g/mol. The average molecular weight is 184 g/mol. The van der Waals surface area contributed by atoms with Crippen LogP contribution in [0.4, 0.5) is 0 Å². The van der Waals surface area contributed by atoms with Crippen LogP contribution in [-0.4, -0.2) is 24.9 Å². The van der Waals surface area contributed by atoms with Crippen molar-refractivity contribution in [2.45, 2.75) is 20.3 Å². The molecular formula is C9H16N2O2. The third-order valence-corrected chi connectivity index (χ3v) is 1.37. The van der Waals surface area contributed by atoms with Gasteiger partial charge in [-0.1, -0.05) is 13.5 Å². The number of hydrogen-bond donors (Lipinski definition) is 2. The summed E-state index contributed by atoms with van der Waals surface area (Å²) in [6.07, 6.45) is 0.889. The quantitative estimate of drug-likeness (QED) is 0.600. The first kappa shape index (κ1) is 11.7. The molecule has 4 nitrogen and oxygen atoms in total. The fourth-order valence-corrected chi connectivity index (χ4v) is 0.638. The standard InChI is InChI=1S/C9H16N2O2/c1-4-5-10-8(12)6-11-9(13)7(2)3/h2,4-6H2,1,3H3,(H,10,12)(H,11,13). The van der Waals surface area contributed by atoms with E-state index in [4.69, 9.17) is 0 Å². The van der Waals surface area contributed by atoms with E-state index in [0.717, 1.165) is 6.42 Å². The number of carbonyl (C=O) groups is 2. The van der Waals surface area contributed by atoms with E-state index in [1.165, 1.54) is 0 Å². The number of rotatable bonds is 5. The molecule has 0 aliphatic heterocycles. The Hall–Kier alpha value is -1.32. The van der Waals surface area contributed by atoms with E-state index in [1.54, 1.807) is 6.92 Å². The van der Waals surface area contributed by atoms with Gasteiger partial charge in [0.1, 0.15) is 0 Å².